The number of thiazole rings is 1. The van der Waals surface area contributed by atoms with Gasteiger partial charge < -0.3 is 0 Å². The summed E-state index contributed by atoms with van der Waals surface area (Å²) in [6.07, 6.45) is 5.04. The number of Topliss-reactive ketones (excluding diaryl/α,β-unsaturated/α-hetero) is 1. The molecule has 0 saturated heterocycles. The van der Waals surface area contributed by atoms with Gasteiger partial charge in [0.05, 0.1) is 27.2 Å². The SMILES string of the molecule is CC(=O)c1sc(N2N=C3/C(=C\c4ccc([N+](=O)[O-])cc4)CCCC3C2c2ccccc2)nc1C. The molecule has 2 aromatic carbocycles. The third kappa shape index (κ3) is 4.05. The molecule has 1 aliphatic carbocycles. The maximum absolute atomic E-state index is 12.1. The third-order valence-electron chi connectivity index (χ3n) is 6.39. The minimum absolute atomic E-state index is 0.00196. The predicted molar refractivity (Wildman–Crippen MR) is 134 cm³/mol. The Labute approximate surface area is 201 Å². The Balaban J connectivity index is 1.57. The van der Waals surface area contributed by atoms with E-state index in [1.165, 1.54) is 29.0 Å². The molecule has 34 heavy (non-hydrogen) atoms. The largest absolute Gasteiger partial charge is 0.294 e. The van der Waals surface area contributed by atoms with E-state index in [9.17, 15) is 14.9 Å². The molecule has 172 valence electrons. The molecule has 7 nitrogen and oxygen atoms in total. The lowest BCUT2D eigenvalue weighted by Crippen LogP contribution is -2.28. The molecule has 1 aromatic heterocycles. The van der Waals surface area contributed by atoms with E-state index >= 15 is 0 Å². The van der Waals surface area contributed by atoms with Crippen molar-refractivity contribution in [1.29, 1.82) is 0 Å². The first-order valence-electron chi connectivity index (χ1n) is 11.3. The zero-order valence-electron chi connectivity index (χ0n) is 19.0. The molecule has 1 saturated carbocycles. The maximum Gasteiger partial charge on any atom is 0.269 e. The van der Waals surface area contributed by atoms with Gasteiger partial charge in [-0.2, -0.15) is 5.10 Å². The maximum atomic E-state index is 12.1. The van der Waals surface area contributed by atoms with E-state index in [1.807, 2.05) is 30.1 Å². The average Bonchev–Trinajstić information content (AvgIpc) is 3.41. The van der Waals surface area contributed by atoms with Gasteiger partial charge in [0.25, 0.3) is 5.69 Å². The number of hydrogen-bond acceptors (Lipinski definition) is 7. The number of nitro benzene ring substituents is 1. The number of anilines is 1. The lowest BCUT2D eigenvalue weighted by molar-refractivity contribution is -0.384. The number of nitrogens with zero attached hydrogens (tertiary/aromatic N) is 4. The zero-order chi connectivity index (χ0) is 23.8. The number of aromatic nitrogens is 1. The molecule has 2 unspecified atom stereocenters. The number of carbonyl (C=O) groups is 1. The highest BCUT2D eigenvalue weighted by Gasteiger charge is 2.43. The summed E-state index contributed by atoms with van der Waals surface area (Å²) in [7, 11) is 0. The highest BCUT2D eigenvalue weighted by Crippen LogP contribution is 2.47. The normalized spacial score (nSPS) is 20.8. The molecule has 1 fully saturated rings. The quantitative estimate of drug-likeness (QED) is 0.245. The fourth-order valence-corrected chi connectivity index (χ4v) is 5.79. The highest BCUT2D eigenvalue weighted by molar-refractivity contribution is 7.17. The average molecular weight is 473 g/mol. The first-order valence-corrected chi connectivity index (χ1v) is 12.1. The van der Waals surface area contributed by atoms with Crippen molar-refractivity contribution in [2.24, 2.45) is 11.0 Å². The summed E-state index contributed by atoms with van der Waals surface area (Å²) in [6, 6.07) is 16.9. The number of non-ortho nitro benzene ring substituents is 1. The Morgan fingerprint density at radius 1 is 1.18 bits per heavy atom. The molecule has 1 aliphatic heterocycles. The summed E-state index contributed by atoms with van der Waals surface area (Å²) in [5.74, 6) is 0.214. The molecule has 2 heterocycles. The van der Waals surface area contributed by atoms with Crippen LogP contribution in [0.25, 0.3) is 6.08 Å². The molecular weight excluding hydrogens is 448 g/mol. The molecule has 0 spiro atoms. The van der Waals surface area contributed by atoms with Gasteiger partial charge in [-0.3, -0.25) is 14.9 Å². The topological polar surface area (TPSA) is 88.7 Å². The van der Waals surface area contributed by atoms with E-state index in [0.29, 0.717) is 4.88 Å². The second-order valence-electron chi connectivity index (χ2n) is 8.67. The van der Waals surface area contributed by atoms with E-state index in [0.717, 1.165) is 46.9 Å². The summed E-state index contributed by atoms with van der Waals surface area (Å²) in [5, 5.41) is 18.8. The number of allylic oxidation sites excluding steroid dienone is 1. The van der Waals surface area contributed by atoms with Gasteiger partial charge in [-0.1, -0.05) is 41.7 Å². The van der Waals surface area contributed by atoms with Gasteiger partial charge in [-0.05, 0) is 61.1 Å². The molecule has 2 atom stereocenters. The monoisotopic (exact) mass is 472 g/mol. The van der Waals surface area contributed by atoms with Crippen LogP contribution in [0.3, 0.4) is 0 Å². The van der Waals surface area contributed by atoms with Crippen LogP contribution in [0, 0.1) is 23.0 Å². The van der Waals surface area contributed by atoms with Gasteiger partial charge in [0.1, 0.15) is 0 Å². The van der Waals surface area contributed by atoms with Crippen molar-refractivity contribution in [1.82, 2.24) is 4.98 Å². The molecule has 8 heteroatoms. The summed E-state index contributed by atoms with van der Waals surface area (Å²) < 4.78 is 0. The number of carbonyl (C=O) groups excluding carboxylic acids is 1. The second-order valence-corrected chi connectivity index (χ2v) is 9.65. The Hall–Kier alpha value is -3.65. The van der Waals surface area contributed by atoms with Gasteiger partial charge in [0.2, 0.25) is 5.13 Å². The molecule has 0 amide bonds. The smallest absolute Gasteiger partial charge is 0.269 e. The fourth-order valence-electron chi connectivity index (χ4n) is 4.84. The number of ketones is 1. The van der Waals surface area contributed by atoms with Gasteiger partial charge in [-0.25, -0.2) is 9.99 Å². The predicted octanol–water partition coefficient (Wildman–Crippen LogP) is 6.36. The zero-order valence-corrected chi connectivity index (χ0v) is 19.8. The van der Waals surface area contributed by atoms with Gasteiger partial charge in [0.15, 0.2) is 5.78 Å². The number of nitro groups is 1. The van der Waals surface area contributed by atoms with Gasteiger partial charge >= 0.3 is 0 Å². The van der Waals surface area contributed by atoms with Crippen LogP contribution < -0.4 is 5.01 Å². The van der Waals surface area contributed by atoms with Crippen LogP contribution >= 0.6 is 11.3 Å². The van der Waals surface area contributed by atoms with Crippen molar-refractivity contribution in [3.8, 4) is 0 Å². The lowest BCUT2D eigenvalue weighted by Gasteiger charge is -2.29. The van der Waals surface area contributed by atoms with E-state index in [4.69, 9.17) is 10.1 Å². The Morgan fingerprint density at radius 3 is 2.56 bits per heavy atom. The van der Waals surface area contributed by atoms with Gasteiger partial charge in [-0.15, -0.1) is 0 Å². The van der Waals surface area contributed by atoms with Crippen LogP contribution in [0.15, 0.2) is 65.3 Å². The summed E-state index contributed by atoms with van der Waals surface area (Å²) in [5.41, 5.74) is 5.08. The van der Waals surface area contributed by atoms with E-state index in [-0.39, 0.29) is 28.4 Å². The Kier molecular flexibility index (Phi) is 5.83. The van der Waals surface area contributed by atoms with Crippen molar-refractivity contribution in [3.63, 3.8) is 0 Å². The van der Waals surface area contributed by atoms with Crippen LogP contribution in [0.5, 0.6) is 0 Å². The number of benzene rings is 2. The molecule has 5 rings (SSSR count). The van der Waals surface area contributed by atoms with Crippen LogP contribution in [-0.2, 0) is 0 Å². The number of fused-ring (bicyclic) bond motifs is 1. The van der Waals surface area contributed by atoms with Crippen LogP contribution in [0.1, 0.15) is 58.7 Å². The lowest BCUT2D eigenvalue weighted by atomic mass is 9.77. The number of hydrogen-bond donors (Lipinski definition) is 0. The van der Waals surface area contributed by atoms with Gasteiger partial charge in [0, 0.05) is 25.0 Å². The molecule has 3 aromatic rings. The fraction of sp³-hybridized carbons (Fsp3) is 0.269. The molecular formula is C26H24N4O3S. The minimum atomic E-state index is -0.387. The Bertz CT molecular complexity index is 1310. The first-order chi connectivity index (χ1) is 16.4. The van der Waals surface area contributed by atoms with Crippen molar-refractivity contribution in [2.75, 3.05) is 5.01 Å². The van der Waals surface area contributed by atoms with E-state index < -0.39 is 0 Å². The minimum Gasteiger partial charge on any atom is -0.294 e. The van der Waals surface area contributed by atoms with Crippen LogP contribution in [-0.4, -0.2) is 21.4 Å². The van der Waals surface area contributed by atoms with Crippen molar-refractivity contribution < 1.29 is 9.72 Å². The standard InChI is InChI=1S/C26H24N4O3S/c1-16-25(17(2)31)34-26(27-16)29-24(19-7-4-3-5-8-19)22-10-6-9-20(23(22)28-29)15-18-11-13-21(14-12-18)30(32)33/h3-5,7-8,11-15,22,24H,6,9-10H2,1-2H3/b20-15-. The second kappa shape index (κ2) is 8.95. The molecule has 0 radical (unpaired) electrons. The summed E-state index contributed by atoms with van der Waals surface area (Å²) >= 11 is 1.39. The summed E-state index contributed by atoms with van der Waals surface area (Å²) in [4.78, 5) is 28.1. The molecule has 0 bridgehead atoms. The van der Waals surface area contributed by atoms with E-state index in [1.54, 1.807) is 19.1 Å². The number of aryl methyl sites for hydroxylation is 1. The molecule has 0 N–H and O–H groups in total. The third-order valence-corrected chi connectivity index (χ3v) is 7.64. The highest BCUT2D eigenvalue weighted by atomic mass is 32.1. The first kappa shape index (κ1) is 22.2. The molecule has 2 aliphatic rings. The number of hydrazone groups is 1. The van der Waals surface area contributed by atoms with Crippen molar-refractivity contribution >= 4 is 39.7 Å². The Morgan fingerprint density at radius 2 is 1.91 bits per heavy atom. The number of rotatable bonds is 5. The van der Waals surface area contributed by atoms with Crippen LogP contribution in [0.2, 0.25) is 0 Å². The van der Waals surface area contributed by atoms with Crippen molar-refractivity contribution in [2.45, 2.75) is 39.2 Å². The van der Waals surface area contributed by atoms with E-state index in [2.05, 4.69) is 18.2 Å². The summed E-state index contributed by atoms with van der Waals surface area (Å²) in [6.45, 7) is 3.43. The van der Waals surface area contributed by atoms with Crippen LogP contribution in [0.4, 0.5) is 10.8 Å². The van der Waals surface area contributed by atoms with Crippen molar-refractivity contribution in [3.05, 3.63) is 92.0 Å².